The lowest BCUT2D eigenvalue weighted by atomic mass is 9.89. The number of halogens is 3. The van der Waals surface area contributed by atoms with Crippen LogP contribution in [0.1, 0.15) is 30.6 Å². The molecule has 1 aromatic rings. The Kier molecular flexibility index (Phi) is 5.41. The molecule has 5 heteroatoms. The molecule has 2 N–H and O–H groups in total. The van der Waals surface area contributed by atoms with Crippen molar-refractivity contribution in [2.75, 3.05) is 6.54 Å². The summed E-state index contributed by atoms with van der Waals surface area (Å²) in [4.78, 5) is 12.1. The van der Waals surface area contributed by atoms with E-state index in [1.165, 1.54) is 6.07 Å². The Hall–Kier alpha value is -0.810. The van der Waals surface area contributed by atoms with Crippen molar-refractivity contribution in [3.8, 4) is 0 Å². The van der Waals surface area contributed by atoms with E-state index in [2.05, 4.69) is 15.9 Å². The predicted octanol–water partition coefficient (Wildman–Crippen LogP) is 3.53. The SMILES string of the molecule is CC(C)CC(CN)C(=O)c1c(F)ccc(Br)c1F. The van der Waals surface area contributed by atoms with Crippen molar-refractivity contribution in [3.05, 3.63) is 33.8 Å². The minimum Gasteiger partial charge on any atom is -0.330 e. The number of benzene rings is 1. The highest BCUT2D eigenvalue weighted by Crippen LogP contribution is 2.25. The first-order valence-electron chi connectivity index (χ1n) is 5.76. The molecule has 0 aliphatic rings. The van der Waals surface area contributed by atoms with E-state index in [0.717, 1.165) is 6.07 Å². The van der Waals surface area contributed by atoms with Crippen LogP contribution >= 0.6 is 15.9 Å². The number of Topliss-reactive ketones (excluding diaryl/α,β-unsaturated/α-hetero) is 1. The van der Waals surface area contributed by atoms with Gasteiger partial charge in [-0.05, 0) is 40.4 Å². The summed E-state index contributed by atoms with van der Waals surface area (Å²) in [5, 5.41) is 0. The summed E-state index contributed by atoms with van der Waals surface area (Å²) >= 11 is 2.95. The maximum atomic E-state index is 13.8. The number of hydrogen-bond donors (Lipinski definition) is 1. The summed E-state index contributed by atoms with van der Waals surface area (Å²) < 4.78 is 27.5. The van der Waals surface area contributed by atoms with Crippen molar-refractivity contribution in [2.45, 2.75) is 20.3 Å². The van der Waals surface area contributed by atoms with Crippen LogP contribution in [0.5, 0.6) is 0 Å². The highest BCUT2D eigenvalue weighted by molar-refractivity contribution is 9.10. The van der Waals surface area contributed by atoms with Crippen molar-refractivity contribution < 1.29 is 13.6 Å². The Morgan fingerprint density at radius 1 is 1.39 bits per heavy atom. The second-order valence-electron chi connectivity index (χ2n) is 4.64. The van der Waals surface area contributed by atoms with Gasteiger partial charge < -0.3 is 5.73 Å². The van der Waals surface area contributed by atoms with E-state index in [0.29, 0.717) is 6.42 Å². The van der Waals surface area contributed by atoms with Crippen LogP contribution < -0.4 is 5.73 Å². The summed E-state index contributed by atoms with van der Waals surface area (Å²) in [6.07, 6.45) is 0.515. The van der Waals surface area contributed by atoms with Gasteiger partial charge in [-0.25, -0.2) is 8.78 Å². The lowest BCUT2D eigenvalue weighted by Crippen LogP contribution is -2.27. The first-order chi connectivity index (χ1) is 8.38. The standard InChI is InChI=1S/C13H16BrF2NO/c1-7(2)5-8(6-17)13(18)11-10(15)4-3-9(14)12(11)16/h3-4,7-8H,5-6,17H2,1-2H3. The number of carbonyl (C=O) groups is 1. The fourth-order valence-electron chi connectivity index (χ4n) is 1.84. The molecular weight excluding hydrogens is 304 g/mol. The van der Waals surface area contributed by atoms with Gasteiger partial charge in [0.05, 0.1) is 10.0 Å². The fourth-order valence-corrected chi connectivity index (χ4v) is 2.17. The molecule has 0 spiro atoms. The normalized spacial score (nSPS) is 12.8. The minimum absolute atomic E-state index is 0.0765. The van der Waals surface area contributed by atoms with E-state index in [1.54, 1.807) is 0 Å². The second-order valence-corrected chi connectivity index (χ2v) is 5.50. The van der Waals surface area contributed by atoms with Crippen LogP contribution in [0.4, 0.5) is 8.78 Å². The van der Waals surface area contributed by atoms with Gasteiger partial charge in [-0.2, -0.15) is 0 Å². The average molecular weight is 320 g/mol. The molecule has 0 bridgehead atoms. The molecule has 0 radical (unpaired) electrons. The van der Waals surface area contributed by atoms with Crippen LogP contribution in [0.3, 0.4) is 0 Å². The molecule has 2 nitrogen and oxygen atoms in total. The molecule has 1 rings (SSSR count). The van der Waals surface area contributed by atoms with Crippen LogP contribution in [0, 0.1) is 23.5 Å². The summed E-state index contributed by atoms with van der Waals surface area (Å²) in [6.45, 7) is 3.95. The second kappa shape index (κ2) is 6.38. The van der Waals surface area contributed by atoms with Crippen molar-refractivity contribution >= 4 is 21.7 Å². The van der Waals surface area contributed by atoms with Crippen molar-refractivity contribution in [1.82, 2.24) is 0 Å². The van der Waals surface area contributed by atoms with Crippen LogP contribution in [0.15, 0.2) is 16.6 Å². The molecule has 1 unspecified atom stereocenters. The van der Waals surface area contributed by atoms with Crippen molar-refractivity contribution in [1.29, 1.82) is 0 Å². The van der Waals surface area contributed by atoms with Crippen molar-refractivity contribution in [2.24, 2.45) is 17.6 Å². The number of carbonyl (C=O) groups excluding carboxylic acids is 1. The molecule has 0 fully saturated rings. The van der Waals surface area contributed by atoms with Gasteiger partial charge in [0, 0.05) is 12.5 Å². The van der Waals surface area contributed by atoms with Crippen molar-refractivity contribution in [3.63, 3.8) is 0 Å². The minimum atomic E-state index is -0.859. The van der Waals surface area contributed by atoms with Gasteiger partial charge >= 0.3 is 0 Å². The highest BCUT2D eigenvalue weighted by Gasteiger charge is 2.26. The first kappa shape index (κ1) is 15.2. The first-order valence-corrected chi connectivity index (χ1v) is 6.55. The zero-order chi connectivity index (χ0) is 13.9. The molecule has 0 saturated heterocycles. The molecule has 1 aromatic carbocycles. The smallest absolute Gasteiger partial charge is 0.173 e. The van der Waals surface area contributed by atoms with Gasteiger partial charge in [0.15, 0.2) is 11.6 Å². The van der Waals surface area contributed by atoms with Crippen LogP contribution in [0.2, 0.25) is 0 Å². The van der Waals surface area contributed by atoms with Crippen LogP contribution in [0.25, 0.3) is 0 Å². The topological polar surface area (TPSA) is 43.1 Å². The van der Waals surface area contributed by atoms with Crippen LogP contribution in [-0.4, -0.2) is 12.3 Å². The number of ketones is 1. The Bertz CT molecular complexity index is 449. The third-order valence-electron chi connectivity index (χ3n) is 2.70. The predicted molar refractivity (Wildman–Crippen MR) is 70.4 cm³/mol. The lowest BCUT2D eigenvalue weighted by molar-refractivity contribution is 0.0900. The lowest BCUT2D eigenvalue weighted by Gasteiger charge is -2.16. The highest BCUT2D eigenvalue weighted by atomic mass is 79.9. The van der Waals surface area contributed by atoms with Gasteiger partial charge in [-0.1, -0.05) is 13.8 Å². The van der Waals surface area contributed by atoms with E-state index < -0.39 is 28.9 Å². The Labute approximate surface area is 114 Å². The molecule has 0 saturated carbocycles. The van der Waals surface area contributed by atoms with Crippen LogP contribution in [-0.2, 0) is 0 Å². The molecule has 1 atom stereocenters. The molecular formula is C13H16BrF2NO. The summed E-state index contributed by atoms with van der Waals surface area (Å²) in [6, 6.07) is 2.31. The number of nitrogens with two attached hydrogens (primary N) is 1. The molecule has 0 heterocycles. The van der Waals surface area contributed by atoms with Gasteiger partial charge in [0.2, 0.25) is 0 Å². The summed E-state index contributed by atoms with van der Waals surface area (Å²) in [5.74, 6) is -2.59. The van der Waals surface area contributed by atoms with Gasteiger partial charge in [0.1, 0.15) is 5.82 Å². The van der Waals surface area contributed by atoms with E-state index in [-0.39, 0.29) is 16.9 Å². The Balaban J connectivity index is 3.13. The zero-order valence-electron chi connectivity index (χ0n) is 10.3. The monoisotopic (exact) mass is 319 g/mol. The number of rotatable bonds is 5. The fraction of sp³-hybridized carbons (Fsp3) is 0.462. The average Bonchev–Trinajstić information content (AvgIpc) is 2.31. The quantitative estimate of drug-likeness (QED) is 0.666. The van der Waals surface area contributed by atoms with E-state index >= 15 is 0 Å². The molecule has 0 amide bonds. The van der Waals surface area contributed by atoms with E-state index in [1.807, 2.05) is 13.8 Å². The number of hydrogen-bond acceptors (Lipinski definition) is 2. The maximum Gasteiger partial charge on any atom is 0.173 e. The molecule has 0 aromatic heterocycles. The third-order valence-corrected chi connectivity index (χ3v) is 3.31. The third kappa shape index (κ3) is 3.36. The van der Waals surface area contributed by atoms with E-state index in [4.69, 9.17) is 5.73 Å². The Morgan fingerprint density at radius 2 is 2.00 bits per heavy atom. The van der Waals surface area contributed by atoms with Gasteiger partial charge in [-0.3, -0.25) is 4.79 Å². The van der Waals surface area contributed by atoms with Gasteiger partial charge in [0.25, 0.3) is 0 Å². The zero-order valence-corrected chi connectivity index (χ0v) is 11.9. The van der Waals surface area contributed by atoms with Gasteiger partial charge in [-0.15, -0.1) is 0 Å². The Morgan fingerprint density at radius 3 is 2.50 bits per heavy atom. The molecule has 0 aliphatic heterocycles. The maximum absolute atomic E-state index is 13.8. The largest absolute Gasteiger partial charge is 0.330 e. The summed E-state index contributed by atoms with van der Waals surface area (Å²) in [5.41, 5.74) is 5.02. The molecule has 0 aliphatic carbocycles. The van der Waals surface area contributed by atoms with E-state index in [9.17, 15) is 13.6 Å². The molecule has 18 heavy (non-hydrogen) atoms. The summed E-state index contributed by atoms with van der Waals surface area (Å²) in [7, 11) is 0. The molecule has 100 valence electrons.